The summed E-state index contributed by atoms with van der Waals surface area (Å²) < 4.78 is 18.6. The molecule has 10 rings (SSSR count). The van der Waals surface area contributed by atoms with Gasteiger partial charge in [0.15, 0.2) is 0 Å². The summed E-state index contributed by atoms with van der Waals surface area (Å²) in [4.78, 5) is 0. The summed E-state index contributed by atoms with van der Waals surface area (Å²) >= 11 is 3.74. The summed E-state index contributed by atoms with van der Waals surface area (Å²) in [5.74, 6) is 0. The highest BCUT2D eigenvalue weighted by Crippen LogP contribution is 2.43. The SMILES string of the molecule is CC1(C)OB(c2cc(-c3cccc(-c4cccc5c4sc4ccccc45)c3)cc(-c3cccc(-c4cccc5c4sc4ccccc45)c3)c2)OC1(C)C. The van der Waals surface area contributed by atoms with E-state index in [9.17, 15) is 0 Å². The largest absolute Gasteiger partial charge is 0.494 e. The Morgan fingerprint density at radius 3 is 1.28 bits per heavy atom. The van der Waals surface area contributed by atoms with Gasteiger partial charge in [-0.3, -0.25) is 0 Å². The molecule has 1 aliphatic rings. The second-order valence-corrected chi connectivity index (χ2v) is 17.3. The summed E-state index contributed by atoms with van der Waals surface area (Å²) in [6.45, 7) is 8.48. The Morgan fingerprint density at radius 1 is 0.396 bits per heavy atom. The minimum absolute atomic E-state index is 0.445. The zero-order valence-corrected chi connectivity index (χ0v) is 31.8. The zero-order chi connectivity index (χ0) is 35.9. The van der Waals surface area contributed by atoms with E-state index in [0.717, 1.165) is 27.7 Å². The summed E-state index contributed by atoms with van der Waals surface area (Å²) in [5, 5.41) is 5.25. The maximum absolute atomic E-state index is 6.65. The number of fused-ring (bicyclic) bond motifs is 6. The molecule has 0 saturated carbocycles. The third-order valence-corrected chi connectivity index (χ3v) is 13.7. The fraction of sp³-hybridized carbons (Fsp3) is 0.125. The number of benzene rings is 7. The molecule has 2 nitrogen and oxygen atoms in total. The highest BCUT2D eigenvalue weighted by Gasteiger charge is 2.51. The molecule has 53 heavy (non-hydrogen) atoms. The summed E-state index contributed by atoms with van der Waals surface area (Å²) in [6, 6.07) is 55.6. The van der Waals surface area contributed by atoms with Crippen LogP contribution in [0, 0.1) is 0 Å². The van der Waals surface area contributed by atoms with Gasteiger partial charge in [0.1, 0.15) is 0 Å². The fourth-order valence-electron chi connectivity index (χ4n) is 7.78. The second-order valence-electron chi connectivity index (χ2n) is 15.2. The van der Waals surface area contributed by atoms with Crippen LogP contribution >= 0.6 is 22.7 Å². The molecule has 1 aliphatic heterocycles. The molecule has 7 aromatic carbocycles. The van der Waals surface area contributed by atoms with Crippen LogP contribution in [-0.4, -0.2) is 18.3 Å². The second kappa shape index (κ2) is 12.3. The molecule has 0 unspecified atom stereocenters. The van der Waals surface area contributed by atoms with Crippen LogP contribution in [0.1, 0.15) is 27.7 Å². The predicted molar refractivity (Wildman–Crippen MR) is 230 cm³/mol. The van der Waals surface area contributed by atoms with Gasteiger partial charge in [0.05, 0.1) is 11.2 Å². The van der Waals surface area contributed by atoms with Crippen LogP contribution in [0.3, 0.4) is 0 Å². The number of hydrogen-bond donors (Lipinski definition) is 0. The first-order chi connectivity index (χ1) is 25.7. The first kappa shape index (κ1) is 32.6. The Bertz CT molecular complexity index is 2690. The molecule has 256 valence electrons. The van der Waals surface area contributed by atoms with Crippen molar-refractivity contribution < 1.29 is 9.31 Å². The number of rotatable bonds is 5. The van der Waals surface area contributed by atoms with Gasteiger partial charge in [0, 0.05) is 40.3 Å². The molecule has 9 aromatic rings. The zero-order valence-electron chi connectivity index (χ0n) is 30.1. The topological polar surface area (TPSA) is 18.5 Å². The van der Waals surface area contributed by atoms with Gasteiger partial charge in [-0.05, 0) is 108 Å². The van der Waals surface area contributed by atoms with Gasteiger partial charge in [-0.1, -0.05) is 121 Å². The van der Waals surface area contributed by atoms with Gasteiger partial charge in [0.2, 0.25) is 0 Å². The van der Waals surface area contributed by atoms with Crippen LogP contribution in [0.25, 0.3) is 84.9 Å². The summed E-state index contributed by atoms with van der Waals surface area (Å²) in [6.07, 6.45) is 0. The van der Waals surface area contributed by atoms with Crippen molar-refractivity contribution in [1.82, 2.24) is 0 Å². The fourth-order valence-corrected chi connectivity index (χ4v) is 10.3. The van der Waals surface area contributed by atoms with E-state index in [1.807, 2.05) is 22.7 Å². The van der Waals surface area contributed by atoms with Crippen LogP contribution in [0.4, 0.5) is 0 Å². The third kappa shape index (κ3) is 5.45. The first-order valence-electron chi connectivity index (χ1n) is 18.3. The molecule has 2 aromatic heterocycles. The van der Waals surface area contributed by atoms with E-state index in [-0.39, 0.29) is 0 Å². The van der Waals surface area contributed by atoms with Gasteiger partial charge in [-0.25, -0.2) is 0 Å². The van der Waals surface area contributed by atoms with Crippen LogP contribution in [0.15, 0.2) is 152 Å². The van der Waals surface area contributed by atoms with Gasteiger partial charge >= 0.3 is 7.12 Å². The molecule has 0 atom stereocenters. The number of thiophene rings is 2. The average molecular weight is 721 g/mol. The molecule has 3 heterocycles. The molecule has 1 fully saturated rings. The molecule has 0 amide bonds. The smallest absolute Gasteiger partial charge is 0.399 e. The maximum atomic E-state index is 6.65. The maximum Gasteiger partial charge on any atom is 0.494 e. The van der Waals surface area contributed by atoms with Crippen molar-refractivity contribution in [1.29, 1.82) is 0 Å². The number of hydrogen-bond acceptors (Lipinski definition) is 4. The third-order valence-electron chi connectivity index (χ3n) is 11.3. The monoisotopic (exact) mass is 720 g/mol. The molecule has 5 heteroatoms. The minimum atomic E-state index is -0.482. The van der Waals surface area contributed by atoms with E-state index < -0.39 is 18.3 Å². The Balaban J connectivity index is 1.11. The van der Waals surface area contributed by atoms with Crippen LogP contribution < -0.4 is 5.46 Å². The average Bonchev–Trinajstić information content (AvgIpc) is 3.82. The van der Waals surface area contributed by atoms with E-state index in [1.54, 1.807) is 0 Å². The molecule has 1 saturated heterocycles. The van der Waals surface area contributed by atoms with Gasteiger partial charge in [-0.2, -0.15) is 0 Å². The highest BCUT2D eigenvalue weighted by atomic mass is 32.1. The summed E-state index contributed by atoms with van der Waals surface area (Å²) in [7, 11) is -0.482. The Labute approximate surface area is 318 Å². The molecule has 0 bridgehead atoms. The van der Waals surface area contributed by atoms with Gasteiger partial charge in [-0.15, -0.1) is 22.7 Å². The van der Waals surface area contributed by atoms with Crippen molar-refractivity contribution in [3.8, 4) is 44.5 Å². The lowest BCUT2D eigenvalue weighted by atomic mass is 9.76. The summed E-state index contributed by atoms with van der Waals surface area (Å²) in [5.41, 5.74) is 9.65. The highest BCUT2D eigenvalue weighted by molar-refractivity contribution is 7.26. The van der Waals surface area contributed by atoms with E-state index in [1.165, 1.54) is 62.6 Å². The van der Waals surface area contributed by atoms with Crippen LogP contribution in [0.5, 0.6) is 0 Å². The molecule has 0 radical (unpaired) electrons. The van der Waals surface area contributed by atoms with E-state index in [4.69, 9.17) is 9.31 Å². The van der Waals surface area contributed by atoms with E-state index in [2.05, 4.69) is 179 Å². The molecular weight excluding hydrogens is 683 g/mol. The molecule has 0 aliphatic carbocycles. The standard InChI is InChI=1S/C48H37BO2S2/c1-47(2)48(3,4)51-49(50-47)36-28-34(30-13-9-15-32(25-30)37-19-11-21-41-39-17-5-7-23-43(39)52-45(37)41)27-35(29-36)31-14-10-16-33(26-31)38-20-12-22-42-40-18-6-8-24-44(40)53-46(38)42/h5-29H,1-4H3. The van der Waals surface area contributed by atoms with Gasteiger partial charge in [0.25, 0.3) is 0 Å². The lowest BCUT2D eigenvalue weighted by molar-refractivity contribution is 0.00578. The molecule has 0 N–H and O–H groups in total. The quantitative estimate of drug-likeness (QED) is 0.165. The predicted octanol–water partition coefficient (Wildman–Crippen LogP) is 13.4. The molecule has 0 spiro atoms. The van der Waals surface area contributed by atoms with Gasteiger partial charge < -0.3 is 9.31 Å². The van der Waals surface area contributed by atoms with Crippen LogP contribution in [0.2, 0.25) is 0 Å². The van der Waals surface area contributed by atoms with Crippen molar-refractivity contribution in [2.75, 3.05) is 0 Å². The van der Waals surface area contributed by atoms with Crippen molar-refractivity contribution in [3.05, 3.63) is 152 Å². The van der Waals surface area contributed by atoms with Crippen molar-refractivity contribution in [3.63, 3.8) is 0 Å². The van der Waals surface area contributed by atoms with Crippen molar-refractivity contribution >= 4 is 75.6 Å². The van der Waals surface area contributed by atoms with Crippen LogP contribution in [-0.2, 0) is 9.31 Å². The van der Waals surface area contributed by atoms with Crippen molar-refractivity contribution in [2.45, 2.75) is 38.9 Å². The molecular formula is C48H37BO2S2. The van der Waals surface area contributed by atoms with E-state index in [0.29, 0.717) is 0 Å². The normalized spacial score (nSPS) is 15.3. The Kier molecular flexibility index (Phi) is 7.54. The lowest BCUT2D eigenvalue weighted by Gasteiger charge is -2.32. The minimum Gasteiger partial charge on any atom is -0.399 e. The lowest BCUT2D eigenvalue weighted by Crippen LogP contribution is -2.41. The van der Waals surface area contributed by atoms with Crippen molar-refractivity contribution in [2.24, 2.45) is 0 Å². The first-order valence-corrected chi connectivity index (χ1v) is 19.9. The van der Waals surface area contributed by atoms with E-state index >= 15 is 0 Å². The Hall–Kier alpha value is -5.04. The Morgan fingerprint density at radius 2 is 0.792 bits per heavy atom.